The van der Waals surface area contributed by atoms with Crippen molar-refractivity contribution in [3.05, 3.63) is 34.4 Å². The third-order valence-corrected chi connectivity index (χ3v) is 3.53. The maximum Gasteiger partial charge on any atom is 0.234 e. The molecule has 0 atom stereocenters. The molecule has 3 nitrogen and oxygen atoms in total. The third kappa shape index (κ3) is 4.15. The van der Waals surface area contributed by atoms with E-state index in [1.165, 1.54) is 22.3 Å². The minimum absolute atomic E-state index is 0.0642. The quantitative estimate of drug-likeness (QED) is 0.600. The molecule has 0 aliphatic carbocycles. The Morgan fingerprint density at radius 1 is 1.11 bits per heavy atom. The molecule has 0 saturated heterocycles. The predicted octanol–water partition coefficient (Wildman–Crippen LogP) is 2.58. The van der Waals surface area contributed by atoms with E-state index in [2.05, 4.69) is 43.8 Å². The van der Waals surface area contributed by atoms with Crippen molar-refractivity contribution in [3.63, 3.8) is 0 Å². The fraction of sp³-hybridized carbons (Fsp3) is 0.533. The number of nitrogens with one attached hydrogen (secondary N) is 2. The van der Waals surface area contributed by atoms with Gasteiger partial charge < -0.3 is 0 Å². The first-order valence-corrected chi connectivity index (χ1v) is 6.57. The highest BCUT2D eigenvalue weighted by Crippen LogP contribution is 2.19. The topological polar surface area (TPSA) is 41.1 Å². The molecule has 0 unspecified atom stereocenters. The van der Waals surface area contributed by atoms with Crippen molar-refractivity contribution in [3.8, 4) is 0 Å². The molecular weight excluding hydrogens is 224 g/mol. The lowest BCUT2D eigenvalue weighted by Crippen LogP contribution is -2.33. The van der Waals surface area contributed by atoms with Crippen LogP contribution in [0.4, 0.5) is 0 Å². The zero-order chi connectivity index (χ0) is 13.5. The van der Waals surface area contributed by atoms with Crippen molar-refractivity contribution < 1.29 is 4.79 Å². The van der Waals surface area contributed by atoms with Crippen molar-refractivity contribution in [2.45, 2.75) is 46.5 Å². The normalized spacial score (nSPS) is 10.4. The van der Waals surface area contributed by atoms with Crippen molar-refractivity contribution in [2.24, 2.45) is 0 Å². The highest BCUT2D eigenvalue weighted by Gasteiger charge is 2.04. The Morgan fingerprint density at radius 3 is 2.50 bits per heavy atom. The largest absolute Gasteiger partial charge is 0.292 e. The standard InChI is InChI=1S/C15H24N2O/c1-11-9-10-14(13(3)12(11)2)7-5-6-8-15(18)17-16-4/h9-10,16H,5-8H2,1-4H3,(H,17,18). The van der Waals surface area contributed by atoms with E-state index in [4.69, 9.17) is 0 Å². The van der Waals surface area contributed by atoms with Crippen LogP contribution in [0.1, 0.15) is 41.5 Å². The fourth-order valence-corrected chi connectivity index (χ4v) is 2.09. The van der Waals surface area contributed by atoms with Gasteiger partial charge in [-0.15, -0.1) is 0 Å². The molecule has 18 heavy (non-hydrogen) atoms. The van der Waals surface area contributed by atoms with Crippen LogP contribution in [0.15, 0.2) is 12.1 Å². The molecule has 0 aromatic heterocycles. The number of hydrazine groups is 1. The maximum absolute atomic E-state index is 11.2. The second-order valence-electron chi connectivity index (χ2n) is 4.80. The van der Waals surface area contributed by atoms with Crippen LogP contribution < -0.4 is 10.9 Å². The molecule has 0 aliphatic rings. The van der Waals surface area contributed by atoms with E-state index in [1.54, 1.807) is 7.05 Å². The molecule has 100 valence electrons. The molecule has 0 radical (unpaired) electrons. The zero-order valence-electron chi connectivity index (χ0n) is 11.9. The number of hydrogen-bond donors (Lipinski definition) is 2. The Morgan fingerprint density at radius 2 is 1.83 bits per heavy atom. The van der Waals surface area contributed by atoms with Crippen molar-refractivity contribution >= 4 is 5.91 Å². The third-order valence-electron chi connectivity index (χ3n) is 3.53. The minimum atomic E-state index is 0.0642. The first-order chi connectivity index (χ1) is 8.56. The summed E-state index contributed by atoms with van der Waals surface area (Å²) in [6, 6.07) is 4.40. The SMILES string of the molecule is CNNC(=O)CCCCc1ccc(C)c(C)c1C. The second-order valence-corrected chi connectivity index (χ2v) is 4.80. The van der Waals surface area contributed by atoms with Gasteiger partial charge in [0.15, 0.2) is 0 Å². The molecule has 1 aromatic rings. The van der Waals surface area contributed by atoms with Gasteiger partial charge >= 0.3 is 0 Å². The molecule has 2 N–H and O–H groups in total. The predicted molar refractivity (Wildman–Crippen MR) is 75.4 cm³/mol. The molecule has 0 fully saturated rings. The number of hydrogen-bond acceptors (Lipinski definition) is 2. The Kier molecular flexibility index (Phi) is 5.86. The Labute approximate surface area is 110 Å². The van der Waals surface area contributed by atoms with Gasteiger partial charge in [0.2, 0.25) is 5.91 Å². The number of carbonyl (C=O) groups is 1. The van der Waals surface area contributed by atoms with Gasteiger partial charge in [-0.1, -0.05) is 12.1 Å². The average molecular weight is 248 g/mol. The van der Waals surface area contributed by atoms with E-state index in [0.717, 1.165) is 19.3 Å². The van der Waals surface area contributed by atoms with Crippen LogP contribution in [-0.4, -0.2) is 13.0 Å². The van der Waals surface area contributed by atoms with E-state index in [-0.39, 0.29) is 5.91 Å². The fourth-order valence-electron chi connectivity index (χ4n) is 2.09. The molecule has 0 aliphatic heterocycles. The molecule has 3 heteroatoms. The lowest BCUT2D eigenvalue weighted by atomic mass is 9.95. The van der Waals surface area contributed by atoms with Gasteiger partial charge in [0.05, 0.1) is 0 Å². The molecular formula is C15H24N2O. The molecule has 1 rings (SSSR count). The Balaban J connectivity index is 2.40. The van der Waals surface area contributed by atoms with Gasteiger partial charge in [-0.25, -0.2) is 5.43 Å². The second kappa shape index (κ2) is 7.17. The maximum atomic E-state index is 11.2. The van der Waals surface area contributed by atoms with E-state index < -0.39 is 0 Å². The summed E-state index contributed by atoms with van der Waals surface area (Å²) in [5, 5.41) is 0. The van der Waals surface area contributed by atoms with Gasteiger partial charge in [-0.3, -0.25) is 10.2 Å². The molecule has 1 aromatic carbocycles. The highest BCUT2D eigenvalue weighted by atomic mass is 16.2. The average Bonchev–Trinajstić information content (AvgIpc) is 2.34. The number of rotatable bonds is 6. The molecule has 0 bridgehead atoms. The number of benzene rings is 1. The summed E-state index contributed by atoms with van der Waals surface area (Å²) in [6.07, 6.45) is 3.63. The lowest BCUT2D eigenvalue weighted by molar-refractivity contribution is -0.122. The summed E-state index contributed by atoms with van der Waals surface area (Å²) in [7, 11) is 1.70. The van der Waals surface area contributed by atoms with Crippen LogP contribution in [-0.2, 0) is 11.2 Å². The molecule has 1 amide bonds. The molecule has 0 saturated carbocycles. The van der Waals surface area contributed by atoms with Crippen molar-refractivity contribution in [1.82, 2.24) is 10.9 Å². The van der Waals surface area contributed by atoms with Gasteiger partial charge in [-0.05, 0) is 62.3 Å². The summed E-state index contributed by atoms with van der Waals surface area (Å²) < 4.78 is 0. The lowest BCUT2D eigenvalue weighted by Gasteiger charge is -2.11. The van der Waals surface area contributed by atoms with Gasteiger partial charge in [-0.2, -0.15) is 0 Å². The van der Waals surface area contributed by atoms with Crippen LogP contribution in [0, 0.1) is 20.8 Å². The van der Waals surface area contributed by atoms with Crippen LogP contribution >= 0.6 is 0 Å². The summed E-state index contributed by atoms with van der Waals surface area (Å²) in [5.74, 6) is 0.0642. The summed E-state index contributed by atoms with van der Waals surface area (Å²) in [6.45, 7) is 6.51. The highest BCUT2D eigenvalue weighted by molar-refractivity contribution is 5.75. The minimum Gasteiger partial charge on any atom is -0.292 e. The number of unbranched alkanes of at least 4 members (excludes halogenated alkanes) is 1. The van der Waals surface area contributed by atoms with Gasteiger partial charge in [0, 0.05) is 13.5 Å². The van der Waals surface area contributed by atoms with E-state index >= 15 is 0 Å². The van der Waals surface area contributed by atoms with E-state index in [0.29, 0.717) is 6.42 Å². The number of amides is 1. The number of carbonyl (C=O) groups excluding carboxylic acids is 1. The van der Waals surface area contributed by atoms with E-state index in [9.17, 15) is 4.79 Å². The Hall–Kier alpha value is -1.35. The first-order valence-electron chi connectivity index (χ1n) is 6.57. The summed E-state index contributed by atoms with van der Waals surface area (Å²) in [4.78, 5) is 11.2. The van der Waals surface area contributed by atoms with Crippen molar-refractivity contribution in [2.75, 3.05) is 7.05 Å². The monoisotopic (exact) mass is 248 g/mol. The summed E-state index contributed by atoms with van der Waals surface area (Å²) in [5.41, 5.74) is 10.8. The van der Waals surface area contributed by atoms with Crippen molar-refractivity contribution in [1.29, 1.82) is 0 Å². The van der Waals surface area contributed by atoms with Gasteiger partial charge in [0.1, 0.15) is 0 Å². The van der Waals surface area contributed by atoms with Crippen LogP contribution in [0.2, 0.25) is 0 Å². The van der Waals surface area contributed by atoms with Crippen LogP contribution in [0.25, 0.3) is 0 Å². The first kappa shape index (κ1) is 14.7. The number of aryl methyl sites for hydroxylation is 2. The summed E-state index contributed by atoms with van der Waals surface area (Å²) >= 11 is 0. The smallest absolute Gasteiger partial charge is 0.234 e. The zero-order valence-corrected chi connectivity index (χ0v) is 11.9. The van der Waals surface area contributed by atoms with Crippen LogP contribution in [0.5, 0.6) is 0 Å². The Bertz CT molecular complexity index is 413. The molecule has 0 heterocycles. The van der Waals surface area contributed by atoms with E-state index in [1.807, 2.05) is 0 Å². The van der Waals surface area contributed by atoms with Gasteiger partial charge in [0.25, 0.3) is 0 Å². The van der Waals surface area contributed by atoms with Crippen LogP contribution in [0.3, 0.4) is 0 Å². The molecule has 0 spiro atoms.